The lowest BCUT2D eigenvalue weighted by atomic mass is 10.1. The van der Waals surface area contributed by atoms with E-state index in [0.717, 1.165) is 44.4 Å². The van der Waals surface area contributed by atoms with E-state index < -0.39 is 0 Å². The van der Waals surface area contributed by atoms with Crippen molar-refractivity contribution in [2.45, 2.75) is 38.7 Å². The van der Waals surface area contributed by atoms with Crippen molar-refractivity contribution in [3.63, 3.8) is 0 Å². The average Bonchev–Trinajstić information content (AvgIpc) is 3.05. The molecule has 1 aliphatic rings. The molecule has 0 aromatic heterocycles. The summed E-state index contributed by atoms with van der Waals surface area (Å²) in [5.41, 5.74) is 1.53. The van der Waals surface area contributed by atoms with Crippen molar-refractivity contribution in [2.75, 3.05) is 26.8 Å². The minimum absolute atomic E-state index is 0.00495. The van der Waals surface area contributed by atoms with Crippen molar-refractivity contribution in [1.82, 2.24) is 4.90 Å². The first kappa shape index (κ1) is 17.5. The van der Waals surface area contributed by atoms with Crippen LogP contribution in [0.5, 0.6) is 5.75 Å². The van der Waals surface area contributed by atoms with E-state index in [1.165, 1.54) is 0 Å². The van der Waals surface area contributed by atoms with Gasteiger partial charge in [0, 0.05) is 20.2 Å². The maximum absolute atomic E-state index is 12.6. The van der Waals surface area contributed by atoms with Crippen LogP contribution in [0.3, 0.4) is 0 Å². The van der Waals surface area contributed by atoms with Gasteiger partial charge in [0.2, 0.25) is 0 Å². The third kappa shape index (κ3) is 5.39. The third-order valence-corrected chi connectivity index (χ3v) is 3.98. The molecule has 1 amide bonds. The molecule has 0 saturated carbocycles. The van der Waals surface area contributed by atoms with Crippen LogP contribution in [0.2, 0.25) is 0 Å². The Morgan fingerprint density at radius 1 is 1.43 bits per heavy atom. The minimum Gasteiger partial charge on any atom is -0.488 e. The number of hydrogen-bond acceptors (Lipinski definition) is 3. The summed E-state index contributed by atoms with van der Waals surface area (Å²) in [5, 5.41) is 0. The van der Waals surface area contributed by atoms with Crippen molar-refractivity contribution in [3.8, 4) is 5.75 Å². The van der Waals surface area contributed by atoms with Gasteiger partial charge in [-0.05, 0) is 50.3 Å². The van der Waals surface area contributed by atoms with Gasteiger partial charge in [0.05, 0.1) is 11.7 Å². The van der Waals surface area contributed by atoms with Crippen LogP contribution in [0, 0.1) is 0 Å². The largest absolute Gasteiger partial charge is 0.488 e. The molecule has 4 heteroatoms. The van der Waals surface area contributed by atoms with Crippen molar-refractivity contribution < 1.29 is 14.3 Å². The highest BCUT2D eigenvalue weighted by atomic mass is 16.5. The number of para-hydroxylation sites is 1. The zero-order valence-corrected chi connectivity index (χ0v) is 14.2. The van der Waals surface area contributed by atoms with E-state index in [-0.39, 0.29) is 5.91 Å². The summed E-state index contributed by atoms with van der Waals surface area (Å²) in [6, 6.07) is 7.38. The highest BCUT2D eigenvalue weighted by Gasteiger charge is 2.18. The molecule has 1 atom stereocenters. The molecule has 2 rings (SSSR count). The van der Waals surface area contributed by atoms with Crippen LogP contribution in [0.25, 0.3) is 0 Å². The molecule has 1 fully saturated rings. The van der Waals surface area contributed by atoms with Gasteiger partial charge in [-0.1, -0.05) is 18.7 Å². The molecule has 1 aliphatic heterocycles. The highest BCUT2D eigenvalue weighted by molar-refractivity contribution is 5.96. The lowest BCUT2D eigenvalue weighted by molar-refractivity contribution is 0.0759. The van der Waals surface area contributed by atoms with Gasteiger partial charge in [0.15, 0.2) is 0 Å². The summed E-state index contributed by atoms with van der Waals surface area (Å²) >= 11 is 0. The van der Waals surface area contributed by atoms with Gasteiger partial charge >= 0.3 is 0 Å². The van der Waals surface area contributed by atoms with E-state index in [1.807, 2.05) is 38.2 Å². The number of benzene rings is 1. The molecule has 0 aliphatic carbocycles. The minimum atomic E-state index is -0.00495. The first-order chi connectivity index (χ1) is 11.1. The van der Waals surface area contributed by atoms with E-state index in [2.05, 4.69) is 6.58 Å². The Balaban J connectivity index is 1.88. The fourth-order valence-corrected chi connectivity index (χ4v) is 2.71. The van der Waals surface area contributed by atoms with Gasteiger partial charge in [-0.2, -0.15) is 0 Å². The Labute approximate surface area is 139 Å². The standard InChI is InChI=1S/C19H27NO3/c1-15(2)14-23-18-11-5-4-10-17(18)19(21)20(3)12-6-8-16-9-7-13-22-16/h4-5,10-11,16H,1,6-9,12-14H2,2-3H3. The van der Waals surface area contributed by atoms with Crippen molar-refractivity contribution in [1.29, 1.82) is 0 Å². The molecule has 0 spiro atoms. The molecule has 0 N–H and O–H groups in total. The van der Waals surface area contributed by atoms with Gasteiger partial charge in [-0.15, -0.1) is 0 Å². The molecule has 4 nitrogen and oxygen atoms in total. The van der Waals surface area contributed by atoms with Crippen LogP contribution in [0.4, 0.5) is 0 Å². The smallest absolute Gasteiger partial charge is 0.257 e. The SMILES string of the molecule is C=C(C)COc1ccccc1C(=O)N(C)CCCC1CCCO1. The topological polar surface area (TPSA) is 38.8 Å². The number of hydrogen-bond donors (Lipinski definition) is 0. The summed E-state index contributed by atoms with van der Waals surface area (Å²) in [6.07, 6.45) is 4.67. The third-order valence-electron chi connectivity index (χ3n) is 3.98. The monoisotopic (exact) mass is 317 g/mol. The second-order valence-corrected chi connectivity index (χ2v) is 6.25. The Hall–Kier alpha value is -1.81. The molecule has 1 heterocycles. The zero-order valence-electron chi connectivity index (χ0n) is 14.2. The van der Waals surface area contributed by atoms with Gasteiger partial charge in [0.25, 0.3) is 5.91 Å². The zero-order chi connectivity index (χ0) is 16.7. The molecular weight excluding hydrogens is 290 g/mol. The second kappa shape index (κ2) is 8.73. The van der Waals surface area contributed by atoms with Crippen molar-refractivity contribution >= 4 is 5.91 Å². The maximum Gasteiger partial charge on any atom is 0.257 e. The molecule has 0 bridgehead atoms. The van der Waals surface area contributed by atoms with Gasteiger partial charge in [-0.3, -0.25) is 4.79 Å². The molecule has 1 aromatic rings. The van der Waals surface area contributed by atoms with E-state index in [0.29, 0.717) is 24.0 Å². The lowest BCUT2D eigenvalue weighted by Crippen LogP contribution is -2.28. The normalized spacial score (nSPS) is 17.0. The van der Waals surface area contributed by atoms with E-state index in [1.54, 1.807) is 4.90 Å². The van der Waals surface area contributed by atoms with E-state index in [9.17, 15) is 4.79 Å². The maximum atomic E-state index is 12.6. The van der Waals surface area contributed by atoms with Crippen LogP contribution in [0.15, 0.2) is 36.4 Å². The number of carbonyl (C=O) groups is 1. The van der Waals surface area contributed by atoms with Crippen LogP contribution in [0.1, 0.15) is 43.0 Å². The summed E-state index contributed by atoms with van der Waals surface area (Å²) in [7, 11) is 1.84. The predicted molar refractivity (Wildman–Crippen MR) is 91.9 cm³/mol. The Bertz CT molecular complexity index is 535. The van der Waals surface area contributed by atoms with Gasteiger partial charge < -0.3 is 14.4 Å². The fourth-order valence-electron chi connectivity index (χ4n) is 2.71. The fraction of sp³-hybridized carbons (Fsp3) is 0.526. The first-order valence-corrected chi connectivity index (χ1v) is 8.31. The number of rotatable bonds is 8. The number of ether oxygens (including phenoxy) is 2. The summed E-state index contributed by atoms with van der Waals surface area (Å²) in [4.78, 5) is 14.4. The molecule has 126 valence electrons. The van der Waals surface area contributed by atoms with Crippen LogP contribution < -0.4 is 4.74 Å². The van der Waals surface area contributed by atoms with Crippen molar-refractivity contribution in [2.24, 2.45) is 0 Å². The lowest BCUT2D eigenvalue weighted by Gasteiger charge is -2.20. The Kier molecular flexibility index (Phi) is 6.66. The predicted octanol–water partition coefficient (Wildman–Crippen LogP) is 3.67. The molecule has 1 unspecified atom stereocenters. The number of amides is 1. The highest BCUT2D eigenvalue weighted by Crippen LogP contribution is 2.21. The molecule has 1 aromatic carbocycles. The summed E-state index contributed by atoms with van der Waals surface area (Å²) in [6.45, 7) is 7.77. The average molecular weight is 317 g/mol. The van der Waals surface area contributed by atoms with E-state index in [4.69, 9.17) is 9.47 Å². The molecule has 23 heavy (non-hydrogen) atoms. The van der Waals surface area contributed by atoms with Crippen LogP contribution >= 0.6 is 0 Å². The molecular formula is C19H27NO3. The van der Waals surface area contributed by atoms with Crippen LogP contribution in [-0.4, -0.2) is 43.7 Å². The van der Waals surface area contributed by atoms with Gasteiger partial charge in [-0.25, -0.2) is 0 Å². The second-order valence-electron chi connectivity index (χ2n) is 6.25. The number of carbonyl (C=O) groups excluding carboxylic acids is 1. The number of nitrogens with zero attached hydrogens (tertiary/aromatic N) is 1. The molecule has 0 radical (unpaired) electrons. The summed E-state index contributed by atoms with van der Waals surface area (Å²) in [5.74, 6) is 0.612. The summed E-state index contributed by atoms with van der Waals surface area (Å²) < 4.78 is 11.3. The van der Waals surface area contributed by atoms with Crippen LogP contribution in [-0.2, 0) is 4.74 Å². The van der Waals surface area contributed by atoms with Gasteiger partial charge in [0.1, 0.15) is 12.4 Å². The molecule has 1 saturated heterocycles. The van der Waals surface area contributed by atoms with Crippen molar-refractivity contribution in [3.05, 3.63) is 42.0 Å². The Morgan fingerprint density at radius 2 is 2.22 bits per heavy atom. The quantitative estimate of drug-likeness (QED) is 0.687. The Morgan fingerprint density at radius 3 is 2.91 bits per heavy atom. The van der Waals surface area contributed by atoms with E-state index >= 15 is 0 Å². The first-order valence-electron chi connectivity index (χ1n) is 8.31.